The zero-order chi connectivity index (χ0) is 20.2. The molecule has 2 aliphatic rings. The van der Waals surface area contributed by atoms with Gasteiger partial charge in [0.05, 0.1) is 19.2 Å². The number of nitrogens with zero attached hydrogens (tertiary/aromatic N) is 3. The summed E-state index contributed by atoms with van der Waals surface area (Å²) in [6.45, 7) is 11.8. The molecule has 0 bridgehead atoms. The van der Waals surface area contributed by atoms with Crippen molar-refractivity contribution in [2.24, 2.45) is 5.92 Å². The zero-order valence-corrected chi connectivity index (χ0v) is 16.8. The Kier molecular flexibility index (Phi) is 7.19. The van der Waals surface area contributed by atoms with Crippen molar-refractivity contribution in [2.45, 2.75) is 39.3 Å². The molecule has 0 aromatic rings. The maximum absolute atomic E-state index is 12.2. The molecule has 27 heavy (non-hydrogen) atoms. The largest absolute Gasteiger partial charge is 0.390 e. The van der Waals surface area contributed by atoms with Crippen LogP contribution >= 0.6 is 0 Å². The van der Waals surface area contributed by atoms with Gasteiger partial charge in [0, 0.05) is 39.3 Å². The number of hydrogen-bond acceptors (Lipinski definition) is 6. The molecule has 1 atom stereocenters. The molecule has 0 spiro atoms. The molecular formula is C18H33N5O4. The minimum Gasteiger partial charge on any atom is -0.390 e. The number of β-amino-alcohol motifs (C(OH)–C–C–N with tert-alkyl or cyclic N) is 1. The summed E-state index contributed by atoms with van der Waals surface area (Å²) < 4.78 is 0. The molecule has 1 unspecified atom stereocenters. The summed E-state index contributed by atoms with van der Waals surface area (Å²) in [7, 11) is 0. The van der Waals surface area contributed by atoms with E-state index in [1.54, 1.807) is 13.8 Å². The lowest BCUT2D eigenvalue weighted by Crippen LogP contribution is -2.52. The van der Waals surface area contributed by atoms with Gasteiger partial charge in [-0.2, -0.15) is 0 Å². The van der Waals surface area contributed by atoms with Gasteiger partial charge in [0.15, 0.2) is 0 Å². The van der Waals surface area contributed by atoms with Gasteiger partial charge in [0.2, 0.25) is 5.91 Å². The summed E-state index contributed by atoms with van der Waals surface area (Å²) in [6.07, 6.45) is -0.797. The molecule has 0 aromatic carbocycles. The zero-order valence-electron chi connectivity index (χ0n) is 16.8. The molecule has 2 rings (SSSR count). The van der Waals surface area contributed by atoms with Crippen molar-refractivity contribution in [3.05, 3.63) is 0 Å². The van der Waals surface area contributed by atoms with Crippen molar-refractivity contribution in [1.29, 1.82) is 0 Å². The molecule has 3 N–H and O–H groups in total. The Morgan fingerprint density at radius 2 is 1.74 bits per heavy atom. The number of piperazine rings is 1. The fraction of sp³-hybridized carbons (Fsp3) is 0.833. The number of carbonyl (C=O) groups excluding carboxylic acids is 3. The van der Waals surface area contributed by atoms with Crippen LogP contribution in [-0.4, -0.2) is 102 Å². The third-order valence-electron chi connectivity index (χ3n) is 4.85. The van der Waals surface area contributed by atoms with E-state index in [4.69, 9.17) is 0 Å². The van der Waals surface area contributed by atoms with Crippen molar-refractivity contribution >= 4 is 17.8 Å². The maximum atomic E-state index is 12.2. The summed E-state index contributed by atoms with van der Waals surface area (Å²) in [5, 5.41) is 15.8. The second-order valence-electron chi connectivity index (χ2n) is 8.40. The Labute approximate surface area is 161 Å². The molecule has 0 saturated carbocycles. The molecule has 2 heterocycles. The van der Waals surface area contributed by atoms with Gasteiger partial charge >= 0.3 is 6.03 Å². The van der Waals surface area contributed by atoms with Crippen LogP contribution in [0.25, 0.3) is 0 Å². The summed E-state index contributed by atoms with van der Waals surface area (Å²) in [6, 6.07) is -0.457. The van der Waals surface area contributed by atoms with E-state index in [1.807, 2.05) is 0 Å². The smallest absolute Gasteiger partial charge is 0.325 e. The van der Waals surface area contributed by atoms with E-state index in [0.717, 1.165) is 31.1 Å². The second kappa shape index (κ2) is 8.99. The Balaban J connectivity index is 1.70. The third-order valence-corrected chi connectivity index (χ3v) is 4.85. The minimum atomic E-state index is -0.918. The lowest BCUT2D eigenvalue weighted by atomic mass is 10.1. The van der Waals surface area contributed by atoms with Crippen LogP contribution in [0, 0.1) is 5.92 Å². The SMILES string of the molecule is CC(C)CNC(=O)CN1CCN(CC(O)CN2C(=O)NC(C)(C)C2=O)CC1. The van der Waals surface area contributed by atoms with Crippen LogP contribution in [0.2, 0.25) is 0 Å². The summed E-state index contributed by atoms with van der Waals surface area (Å²) in [5.41, 5.74) is -0.918. The molecule has 0 radical (unpaired) electrons. The third kappa shape index (κ3) is 6.15. The van der Waals surface area contributed by atoms with Crippen LogP contribution in [-0.2, 0) is 9.59 Å². The van der Waals surface area contributed by atoms with Crippen molar-refractivity contribution in [1.82, 2.24) is 25.3 Å². The van der Waals surface area contributed by atoms with Crippen LogP contribution in [0.4, 0.5) is 4.79 Å². The van der Waals surface area contributed by atoms with E-state index < -0.39 is 17.7 Å². The Morgan fingerprint density at radius 3 is 2.26 bits per heavy atom. The maximum Gasteiger partial charge on any atom is 0.325 e. The average Bonchev–Trinajstić information content (AvgIpc) is 2.76. The highest BCUT2D eigenvalue weighted by Crippen LogP contribution is 2.17. The van der Waals surface area contributed by atoms with Gasteiger partial charge < -0.3 is 15.7 Å². The number of carbonyl (C=O) groups is 3. The predicted molar refractivity (Wildman–Crippen MR) is 101 cm³/mol. The van der Waals surface area contributed by atoms with E-state index >= 15 is 0 Å². The predicted octanol–water partition coefficient (Wildman–Crippen LogP) is -0.932. The topological polar surface area (TPSA) is 105 Å². The summed E-state index contributed by atoms with van der Waals surface area (Å²) >= 11 is 0. The van der Waals surface area contributed by atoms with Crippen LogP contribution in [0.15, 0.2) is 0 Å². The first-order valence-corrected chi connectivity index (χ1v) is 9.62. The molecule has 154 valence electrons. The standard InChI is InChI=1S/C18H33N5O4/c1-13(2)9-19-15(25)12-22-7-5-21(6-8-22)10-14(24)11-23-16(26)18(3,4)20-17(23)27/h13-14,24H,5-12H2,1-4H3,(H,19,25)(H,20,27). The summed E-state index contributed by atoms with van der Waals surface area (Å²) in [4.78, 5) is 41.2. The fourth-order valence-electron chi connectivity index (χ4n) is 3.26. The molecule has 2 aliphatic heterocycles. The van der Waals surface area contributed by atoms with Crippen LogP contribution in [0.5, 0.6) is 0 Å². The van der Waals surface area contributed by atoms with Gasteiger partial charge in [-0.25, -0.2) is 4.79 Å². The van der Waals surface area contributed by atoms with E-state index in [-0.39, 0.29) is 18.4 Å². The van der Waals surface area contributed by atoms with Gasteiger partial charge in [-0.1, -0.05) is 13.8 Å². The quantitative estimate of drug-likeness (QED) is 0.468. The number of aliphatic hydroxyl groups is 1. The van der Waals surface area contributed by atoms with E-state index in [0.29, 0.717) is 25.6 Å². The van der Waals surface area contributed by atoms with Gasteiger partial charge in [0.25, 0.3) is 5.91 Å². The number of urea groups is 1. The highest BCUT2D eigenvalue weighted by molar-refractivity contribution is 6.06. The number of hydrogen-bond donors (Lipinski definition) is 3. The average molecular weight is 383 g/mol. The molecular weight excluding hydrogens is 350 g/mol. The van der Waals surface area contributed by atoms with Gasteiger partial charge in [0.1, 0.15) is 5.54 Å². The number of aliphatic hydroxyl groups excluding tert-OH is 1. The van der Waals surface area contributed by atoms with E-state index in [1.165, 1.54) is 0 Å². The molecule has 4 amide bonds. The summed E-state index contributed by atoms with van der Waals surface area (Å²) in [5.74, 6) is 0.157. The monoisotopic (exact) mass is 383 g/mol. The minimum absolute atomic E-state index is 0.00802. The van der Waals surface area contributed by atoms with Crippen LogP contribution < -0.4 is 10.6 Å². The molecule has 0 aromatic heterocycles. The van der Waals surface area contributed by atoms with Crippen molar-refractivity contribution in [2.75, 3.05) is 52.4 Å². The Bertz CT molecular complexity index is 558. The second-order valence-corrected chi connectivity index (χ2v) is 8.40. The van der Waals surface area contributed by atoms with Crippen molar-refractivity contribution in [3.8, 4) is 0 Å². The molecule has 9 heteroatoms. The molecule has 9 nitrogen and oxygen atoms in total. The van der Waals surface area contributed by atoms with Crippen LogP contribution in [0.1, 0.15) is 27.7 Å². The fourth-order valence-corrected chi connectivity index (χ4v) is 3.26. The first-order chi connectivity index (χ1) is 12.6. The van der Waals surface area contributed by atoms with E-state index in [9.17, 15) is 19.5 Å². The number of rotatable bonds is 8. The number of amides is 4. The van der Waals surface area contributed by atoms with E-state index in [2.05, 4.69) is 34.3 Å². The van der Waals surface area contributed by atoms with Crippen molar-refractivity contribution < 1.29 is 19.5 Å². The van der Waals surface area contributed by atoms with Crippen molar-refractivity contribution in [3.63, 3.8) is 0 Å². The van der Waals surface area contributed by atoms with Gasteiger partial charge in [-0.05, 0) is 19.8 Å². The first-order valence-electron chi connectivity index (χ1n) is 9.62. The normalized spacial score (nSPS) is 22.2. The molecule has 0 aliphatic carbocycles. The Morgan fingerprint density at radius 1 is 1.15 bits per heavy atom. The van der Waals surface area contributed by atoms with Gasteiger partial charge in [-0.15, -0.1) is 0 Å². The highest BCUT2D eigenvalue weighted by Gasteiger charge is 2.44. The number of nitrogens with one attached hydrogen (secondary N) is 2. The highest BCUT2D eigenvalue weighted by atomic mass is 16.3. The molecule has 2 saturated heterocycles. The lowest BCUT2D eigenvalue weighted by molar-refractivity contribution is -0.131. The molecule has 2 fully saturated rings. The Hall–Kier alpha value is -1.71. The van der Waals surface area contributed by atoms with Crippen LogP contribution in [0.3, 0.4) is 0 Å². The first kappa shape index (κ1) is 21.6. The lowest BCUT2D eigenvalue weighted by Gasteiger charge is -2.35. The van der Waals surface area contributed by atoms with Gasteiger partial charge in [-0.3, -0.25) is 24.3 Å². The number of imide groups is 1.